The SMILES string of the molecule is COc1ccc(-c2csc3ncnc(N4CCOCC5(CCOCC5)C4)c23)cc1. The molecule has 7 heteroatoms. The summed E-state index contributed by atoms with van der Waals surface area (Å²) in [7, 11) is 1.69. The Hall–Kier alpha value is -2.22. The molecule has 3 aromatic rings. The Morgan fingerprint density at radius 3 is 2.69 bits per heavy atom. The van der Waals surface area contributed by atoms with Crippen molar-refractivity contribution in [2.75, 3.05) is 51.5 Å². The van der Waals surface area contributed by atoms with E-state index in [-0.39, 0.29) is 5.41 Å². The Morgan fingerprint density at radius 2 is 1.90 bits per heavy atom. The van der Waals surface area contributed by atoms with Crippen molar-refractivity contribution in [1.29, 1.82) is 0 Å². The number of thiophene rings is 1. The van der Waals surface area contributed by atoms with Crippen LogP contribution >= 0.6 is 11.3 Å². The second-order valence-corrected chi connectivity index (χ2v) is 8.70. The van der Waals surface area contributed by atoms with E-state index in [0.29, 0.717) is 0 Å². The molecule has 1 spiro atoms. The molecule has 6 nitrogen and oxygen atoms in total. The summed E-state index contributed by atoms with van der Waals surface area (Å²) in [4.78, 5) is 12.7. The Morgan fingerprint density at radius 1 is 1.07 bits per heavy atom. The first-order valence-electron chi connectivity index (χ1n) is 10.1. The first-order chi connectivity index (χ1) is 14.3. The Balaban J connectivity index is 1.56. The summed E-state index contributed by atoms with van der Waals surface area (Å²) < 4.78 is 17.0. The third-order valence-corrected chi connectivity index (χ3v) is 6.93. The van der Waals surface area contributed by atoms with Gasteiger partial charge in [-0.2, -0.15) is 0 Å². The van der Waals surface area contributed by atoms with Crippen LogP contribution < -0.4 is 9.64 Å². The van der Waals surface area contributed by atoms with Crippen molar-refractivity contribution < 1.29 is 14.2 Å². The van der Waals surface area contributed by atoms with E-state index in [1.54, 1.807) is 24.8 Å². The fourth-order valence-electron chi connectivity index (χ4n) is 4.36. The quantitative estimate of drug-likeness (QED) is 0.649. The van der Waals surface area contributed by atoms with Crippen LogP contribution in [0.2, 0.25) is 0 Å². The van der Waals surface area contributed by atoms with E-state index in [4.69, 9.17) is 19.2 Å². The number of aromatic nitrogens is 2. The molecule has 2 aliphatic heterocycles. The highest BCUT2D eigenvalue weighted by molar-refractivity contribution is 7.17. The van der Waals surface area contributed by atoms with Gasteiger partial charge in [-0.3, -0.25) is 0 Å². The Labute approximate surface area is 174 Å². The van der Waals surface area contributed by atoms with E-state index in [2.05, 4.69) is 27.4 Å². The zero-order valence-corrected chi connectivity index (χ0v) is 17.4. The molecule has 0 aliphatic carbocycles. The first-order valence-corrected chi connectivity index (χ1v) is 10.9. The highest BCUT2D eigenvalue weighted by Gasteiger charge is 2.37. The van der Waals surface area contributed by atoms with Crippen LogP contribution in [0.15, 0.2) is 36.0 Å². The molecule has 152 valence electrons. The van der Waals surface area contributed by atoms with Crippen molar-refractivity contribution in [2.24, 2.45) is 5.41 Å². The van der Waals surface area contributed by atoms with Crippen molar-refractivity contribution in [3.8, 4) is 16.9 Å². The van der Waals surface area contributed by atoms with E-state index in [1.807, 2.05) is 12.1 Å². The maximum Gasteiger partial charge on any atom is 0.141 e. The number of benzene rings is 1. The Kier molecular flexibility index (Phi) is 5.11. The highest BCUT2D eigenvalue weighted by atomic mass is 32.1. The zero-order valence-electron chi connectivity index (χ0n) is 16.6. The fraction of sp³-hybridized carbons (Fsp3) is 0.455. The molecule has 4 heterocycles. The fourth-order valence-corrected chi connectivity index (χ4v) is 5.27. The minimum atomic E-state index is 0.141. The summed E-state index contributed by atoms with van der Waals surface area (Å²) in [5.41, 5.74) is 2.47. The van der Waals surface area contributed by atoms with Crippen LogP contribution in [0.25, 0.3) is 21.3 Å². The molecule has 2 fully saturated rings. The normalized spacial score (nSPS) is 19.4. The van der Waals surface area contributed by atoms with Gasteiger partial charge in [-0.25, -0.2) is 9.97 Å². The number of ether oxygens (including phenoxy) is 3. The highest BCUT2D eigenvalue weighted by Crippen LogP contribution is 2.41. The number of hydrogen-bond donors (Lipinski definition) is 0. The lowest BCUT2D eigenvalue weighted by atomic mass is 9.80. The summed E-state index contributed by atoms with van der Waals surface area (Å²) >= 11 is 1.67. The molecule has 0 N–H and O–H groups in total. The van der Waals surface area contributed by atoms with Crippen LogP contribution in [-0.2, 0) is 9.47 Å². The number of nitrogens with zero attached hydrogens (tertiary/aromatic N) is 3. The minimum Gasteiger partial charge on any atom is -0.497 e. The molecule has 5 rings (SSSR count). The van der Waals surface area contributed by atoms with Gasteiger partial charge in [0.15, 0.2) is 0 Å². The maximum atomic E-state index is 6.02. The van der Waals surface area contributed by atoms with Crippen LogP contribution in [0, 0.1) is 5.41 Å². The molecular weight excluding hydrogens is 386 g/mol. The molecule has 29 heavy (non-hydrogen) atoms. The van der Waals surface area contributed by atoms with Gasteiger partial charge in [0.2, 0.25) is 0 Å². The summed E-state index contributed by atoms with van der Waals surface area (Å²) in [6.07, 6.45) is 3.76. The molecular formula is C22H25N3O3S. The number of anilines is 1. The van der Waals surface area contributed by atoms with Gasteiger partial charge in [-0.15, -0.1) is 11.3 Å². The van der Waals surface area contributed by atoms with Crippen LogP contribution in [0.4, 0.5) is 5.82 Å². The smallest absolute Gasteiger partial charge is 0.141 e. The monoisotopic (exact) mass is 411 g/mol. The summed E-state index contributed by atoms with van der Waals surface area (Å²) in [5, 5.41) is 3.31. The van der Waals surface area contributed by atoms with Gasteiger partial charge in [0.1, 0.15) is 22.7 Å². The van der Waals surface area contributed by atoms with Gasteiger partial charge >= 0.3 is 0 Å². The van der Waals surface area contributed by atoms with Gasteiger partial charge < -0.3 is 19.1 Å². The van der Waals surface area contributed by atoms with Crippen LogP contribution in [-0.4, -0.2) is 56.6 Å². The number of hydrogen-bond acceptors (Lipinski definition) is 7. The molecule has 0 bridgehead atoms. The maximum absolute atomic E-state index is 6.02. The van der Waals surface area contributed by atoms with Crippen molar-refractivity contribution in [1.82, 2.24) is 9.97 Å². The number of fused-ring (bicyclic) bond motifs is 1. The predicted molar refractivity (Wildman–Crippen MR) is 115 cm³/mol. The number of methoxy groups -OCH3 is 1. The van der Waals surface area contributed by atoms with Crippen molar-refractivity contribution in [3.63, 3.8) is 0 Å². The van der Waals surface area contributed by atoms with E-state index in [1.165, 1.54) is 5.56 Å². The lowest BCUT2D eigenvalue weighted by molar-refractivity contribution is -0.0240. The van der Waals surface area contributed by atoms with Gasteiger partial charge in [0.05, 0.1) is 25.7 Å². The zero-order chi connectivity index (χ0) is 19.7. The lowest BCUT2D eigenvalue weighted by Crippen LogP contribution is -2.42. The second kappa shape index (κ2) is 7.89. The number of rotatable bonds is 3. The molecule has 0 amide bonds. The predicted octanol–water partition coefficient (Wildman–Crippen LogP) is 4.00. The first kappa shape index (κ1) is 18.8. The van der Waals surface area contributed by atoms with Crippen LogP contribution in [0.1, 0.15) is 12.8 Å². The van der Waals surface area contributed by atoms with Gasteiger partial charge in [-0.05, 0) is 30.5 Å². The standard InChI is InChI=1S/C22H25N3O3S/c1-26-17-4-2-16(3-5-17)18-12-29-21-19(18)20(23-15-24-21)25-8-11-28-14-22(13-25)6-9-27-10-7-22/h2-5,12,15H,6-11,13-14H2,1H3. The molecule has 0 unspecified atom stereocenters. The summed E-state index contributed by atoms with van der Waals surface area (Å²) in [6.45, 7) is 4.93. The third kappa shape index (κ3) is 3.58. The second-order valence-electron chi connectivity index (χ2n) is 7.84. The minimum absolute atomic E-state index is 0.141. The van der Waals surface area contributed by atoms with Gasteiger partial charge in [0, 0.05) is 42.7 Å². The molecule has 2 saturated heterocycles. The molecule has 1 aromatic carbocycles. The van der Waals surface area contributed by atoms with E-state index >= 15 is 0 Å². The van der Waals surface area contributed by atoms with E-state index in [0.717, 1.165) is 79.7 Å². The molecule has 0 saturated carbocycles. The average molecular weight is 412 g/mol. The van der Waals surface area contributed by atoms with Crippen LogP contribution in [0.3, 0.4) is 0 Å². The third-order valence-electron chi connectivity index (χ3n) is 6.04. The Bertz CT molecular complexity index is 983. The van der Waals surface area contributed by atoms with Crippen molar-refractivity contribution in [3.05, 3.63) is 36.0 Å². The van der Waals surface area contributed by atoms with Gasteiger partial charge in [0.25, 0.3) is 0 Å². The van der Waals surface area contributed by atoms with Crippen molar-refractivity contribution >= 4 is 27.4 Å². The molecule has 2 aromatic heterocycles. The summed E-state index contributed by atoms with van der Waals surface area (Å²) in [5.74, 6) is 1.87. The largest absolute Gasteiger partial charge is 0.497 e. The van der Waals surface area contributed by atoms with E-state index < -0.39 is 0 Å². The van der Waals surface area contributed by atoms with E-state index in [9.17, 15) is 0 Å². The summed E-state index contributed by atoms with van der Waals surface area (Å²) in [6, 6.07) is 8.20. The topological polar surface area (TPSA) is 56.7 Å². The lowest BCUT2D eigenvalue weighted by Gasteiger charge is -2.38. The average Bonchev–Trinajstić information content (AvgIpc) is 3.11. The van der Waals surface area contributed by atoms with Gasteiger partial charge in [-0.1, -0.05) is 12.1 Å². The molecule has 0 atom stereocenters. The van der Waals surface area contributed by atoms with Crippen molar-refractivity contribution in [2.45, 2.75) is 12.8 Å². The molecule has 0 radical (unpaired) electrons. The molecule has 2 aliphatic rings. The van der Waals surface area contributed by atoms with Crippen LogP contribution in [0.5, 0.6) is 5.75 Å².